The van der Waals surface area contributed by atoms with Crippen LogP contribution in [0.4, 0.5) is 0 Å². The number of fused-ring (bicyclic) bond motifs is 36. The van der Waals surface area contributed by atoms with Crippen LogP contribution in [0.2, 0.25) is 0 Å². The number of nitrogens with zero attached hydrogens (tertiary/aromatic N) is 8. The highest BCUT2D eigenvalue weighted by molar-refractivity contribution is 6.22. The van der Waals surface area contributed by atoms with Crippen molar-refractivity contribution in [1.82, 2.24) is 37.5 Å². The van der Waals surface area contributed by atoms with Crippen molar-refractivity contribution in [2.45, 2.75) is 0 Å². The van der Waals surface area contributed by atoms with Gasteiger partial charge in [-0.05, 0) is 181 Å². The van der Waals surface area contributed by atoms with Crippen molar-refractivity contribution in [2.75, 3.05) is 0 Å². The fraction of sp³-hybridized carbons (Fsp3) is 0. The van der Waals surface area contributed by atoms with E-state index in [1.165, 1.54) is 157 Å². The normalized spacial score (nSPS) is 12.0. The van der Waals surface area contributed by atoms with Crippen molar-refractivity contribution in [2.24, 2.45) is 0 Å². The average Bonchev–Trinajstić information content (AvgIpc) is 1.52. The maximum Gasteiger partial charge on any atom is 0.164 e. The van der Waals surface area contributed by atoms with E-state index in [1.807, 2.05) is 24.5 Å². The molecule has 0 unspecified atom stereocenters. The van der Waals surface area contributed by atoms with Crippen LogP contribution >= 0.6 is 0 Å². The Labute approximate surface area is 570 Å². The molecule has 0 aliphatic rings. The lowest BCUT2D eigenvalue weighted by Crippen LogP contribution is -1.95. The summed E-state index contributed by atoms with van der Waals surface area (Å²) >= 11 is 0. The lowest BCUT2D eigenvalue weighted by Gasteiger charge is -2.11. The zero-order valence-electron chi connectivity index (χ0n) is 53.9. The lowest BCUT2D eigenvalue weighted by molar-refractivity contribution is 1.20. The first-order valence-electron chi connectivity index (χ1n) is 34.0. The molecule has 0 N–H and O–H groups in total. The predicted molar refractivity (Wildman–Crippen MR) is 421 cm³/mol. The second kappa shape index (κ2) is 22.0. The summed E-state index contributed by atoms with van der Waals surface area (Å²) < 4.78 is 9.27. The van der Waals surface area contributed by atoms with E-state index >= 15 is 0 Å². The maximum atomic E-state index is 4.73. The van der Waals surface area contributed by atoms with Gasteiger partial charge in [0.05, 0.1) is 60.7 Å². The highest BCUT2D eigenvalue weighted by Crippen LogP contribution is 2.41. The van der Waals surface area contributed by atoms with Crippen molar-refractivity contribution in [1.29, 1.82) is 0 Å². The number of para-hydroxylation sites is 5. The summed E-state index contributed by atoms with van der Waals surface area (Å²) in [5.41, 5.74) is 16.1. The van der Waals surface area contributed by atoms with Gasteiger partial charge in [0.1, 0.15) is 11.2 Å². The van der Waals surface area contributed by atoms with Gasteiger partial charge < -0.3 is 8.80 Å². The quantitative estimate of drug-likeness (QED) is 0.112. The number of rotatable bonds is 0. The Kier molecular flexibility index (Phi) is 12.2. The van der Waals surface area contributed by atoms with Gasteiger partial charge in [-0.25, -0.2) is 9.97 Å². The fourth-order valence-electron chi connectivity index (χ4n) is 16.2. The standard InChI is InChI=1S/C24H15N.2C23H14N2.C22H13N3/c1-2-8-17-14-21-20(13-16(17)7-1)19-10-4-6-12-23(19)25-22-11-5-3-9-18(22)15-24(21)25;1-2-7-16-13-20-19(12-15(16)6-1)18-9-5-11-24-23(18)25-21-10-4-3-8-17(21)14-22(20)25;1-2-7-16-13-19-18(12-15(16)6-1)22-14-17-8-3-4-9-20(17)25(22)21-10-5-11-24-23(19)21;1-2-6-15-12-18-17(11-14(15)5-1)20-13-16-7-3-4-8-19(16)25(20)22-21(18)23-9-10-24-22/h1-15H;2*1-14H;1-13H. The van der Waals surface area contributed by atoms with Crippen molar-refractivity contribution in [3.05, 3.63) is 340 Å². The second-order valence-corrected chi connectivity index (χ2v) is 26.2. The molecule has 464 valence electrons. The Morgan fingerprint density at radius 3 is 0.910 bits per heavy atom. The third-order valence-electron chi connectivity index (χ3n) is 20.6. The summed E-state index contributed by atoms with van der Waals surface area (Å²) in [6, 6.07) is 113. The molecular weight excluding hydrogens is 1220 g/mol. The van der Waals surface area contributed by atoms with Gasteiger partial charge in [-0.15, -0.1) is 0 Å². The number of pyridine rings is 6. The minimum Gasteiger partial charge on any atom is -0.309 e. The molecule has 0 saturated carbocycles. The van der Waals surface area contributed by atoms with Crippen LogP contribution in [-0.2, 0) is 0 Å². The summed E-state index contributed by atoms with van der Waals surface area (Å²) in [4.78, 5) is 18.8. The molecule has 0 radical (unpaired) electrons. The molecule has 0 aliphatic carbocycles. The Morgan fingerprint density at radius 1 is 0.150 bits per heavy atom. The molecule has 0 spiro atoms. The first-order chi connectivity index (χ1) is 49.6. The molecule has 24 rings (SSSR count). The zero-order chi connectivity index (χ0) is 65.5. The molecule has 0 atom stereocenters. The lowest BCUT2D eigenvalue weighted by atomic mass is 10.00. The van der Waals surface area contributed by atoms with Gasteiger partial charge in [0.15, 0.2) is 5.65 Å². The summed E-state index contributed by atoms with van der Waals surface area (Å²) in [5, 5.41) is 27.6. The SMILES string of the molecule is c1ccc2cc3c(cc2c1)c1ccccc1n1c2ccccc2cc31.c1ccc2cc3c(cc2c1)c1cccnc1n1c2ccccc2cc31.c1ccc2cc3c(cc2c1)c1ncccc1n1c2ccccc2cc31.c1ccc2cc3c(cc2c1)c1nccnc1n1c2ccccc2cc31. The molecule has 13 aromatic carbocycles. The average molecular weight is 1270 g/mol. The molecule has 100 heavy (non-hydrogen) atoms. The molecule has 8 nitrogen and oxygen atoms in total. The van der Waals surface area contributed by atoms with Crippen molar-refractivity contribution in [3.8, 4) is 0 Å². The van der Waals surface area contributed by atoms with Crippen LogP contribution in [0.25, 0.3) is 196 Å². The molecule has 11 aromatic heterocycles. The number of hydrogen-bond donors (Lipinski definition) is 0. The van der Waals surface area contributed by atoms with Gasteiger partial charge in [-0.3, -0.25) is 18.8 Å². The van der Waals surface area contributed by atoms with Crippen LogP contribution in [0.1, 0.15) is 0 Å². The fourth-order valence-corrected chi connectivity index (χ4v) is 16.2. The molecule has 0 saturated heterocycles. The summed E-state index contributed by atoms with van der Waals surface area (Å²) in [6.07, 6.45) is 7.30. The highest BCUT2D eigenvalue weighted by Gasteiger charge is 2.19. The Morgan fingerprint density at radius 2 is 0.430 bits per heavy atom. The van der Waals surface area contributed by atoms with Crippen LogP contribution in [0, 0.1) is 0 Å². The monoisotopic (exact) mass is 1270 g/mol. The van der Waals surface area contributed by atoms with Crippen LogP contribution in [0.3, 0.4) is 0 Å². The number of aromatic nitrogens is 8. The Hall–Kier alpha value is -13.6. The molecule has 0 aliphatic heterocycles. The van der Waals surface area contributed by atoms with E-state index in [0.717, 1.165) is 38.7 Å². The van der Waals surface area contributed by atoms with Crippen LogP contribution < -0.4 is 0 Å². The van der Waals surface area contributed by atoms with Gasteiger partial charge in [-0.1, -0.05) is 188 Å². The smallest absolute Gasteiger partial charge is 0.164 e. The minimum atomic E-state index is 0.904. The largest absolute Gasteiger partial charge is 0.309 e. The molecule has 0 bridgehead atoms. The van der Waals surface area contributed by atoms with Crippen molar-refractivity contribution >= 4 is 196 Å². The second-order valence-electron chi connectivity index (χ2n) is 26.2. The van der Waals surface area contributed by atoms with E-state index < -0.39 is 0 Å². The number of benzene rings is 13. The third kappa shape index (κ3) is 8.54. The summed E-state index contributed by atoms with van der Waals surface area (Å²) in [7, 11) is 0. The molecule has 0 amide bonds. The van der Waals surface area contributed by atoms with E-state index in [0.29, 0.717) is 0 Å². The van der Waals surface area contributed by atoms with E-state index in [-0.39, 0.29) is 0 Å². The first kappa shape index (κ1) is 55.7. The van der Waals surface area contributed by atoms with Gasteiger partial charge in [-0.2, -0.15) is 0 Å². The topological polar surface area (TPSA) is 69.2 Å². The number of hydrogen-bond acceptors (Lipinski definition) is 4. The van der Waals surface area contributed by atoms with Crippen LogP contribution in [0.5, 0.6) is 0 Å². The molecular formula is C92H56N8. The highest BCUT2D eigenvalue weighted by atomic mass is 15.0. The summed E-state index contributed by atoms with van der Waals surface area (Å²) in [6.45, 7) is 0. The minimum absolute atomic E-state index is 0.904. The van der Waals surface area contributed by atoms with Gasteiger partial charge in [0.2, 0.25) is 0 Å². The third-order valence-corrected chi connectivity index (χ3v) is 20.6. The van der Waals surface area contributed by atoms with Crippen molar-refractivity contribution in [3.63, 3.8) is 0 Å². The Balaban J connectivity index is 0.0000000873. The summed E-state index contributed by atoms with van der Waals surface area (Å²) in [5.74, 6) is 0. The van der Waals surface area contributed by atoms with Crippen LogP contribution in [-0.4, -0.2) is 37.5 Å². The van der Waals surface area contributed by atoms with Crippen LogP contribution in [0.15, 0.2) is 340 Å². The Bertz CT molecular complexity index is 6660. The van der Waals surface area contributed by atoms with Gasteiger partial charge in [0, 0.05) is 89.4 Å². The molecule has 24 aromatic rings. The molecule has 8 heteroatoms. The predicted octanol–water partition coefficient (Wildman–Crippen LogP) is 23.8. The van der Waals surface area contributed by atoms with E-state index in [2.05, 4.69) is 331 Å². The first-order valence-corrected chi connectivity index (χ1v) is 34.0. The maximum absolute atomic E-state index is 4.73. The van der Waals surface area contributed by atoms with Gasteiger partial charge >= 0.3 is 0 Å². The molecule has 11 heterocycles. The van der Waals surface area contributed by atoms with E-state index in [9.17, 15) is 0 Å². The van der Waals surface area contributed by atoms with Gasteiger partial charge in [0.25, 0.3) is 0 Å². The van der Waals surface area contributed by atoms with E-state index in [4.69, 9.17) is 9.97 Å². The zero-order valence-corrected chi connectivity index (χ0v) is 53.9. The molecule has 0 fully saturated rings. The van der Waals surface area contributed by atoms with E-state index in [1.54, 1.807) is 12.4 Å². The van der Waals surface area contributed by atoms with Crippen molar-refractivity contribution < 1.29 is 0 Å².